The zero-order chi connectivity index (χ0) is 24.7. The summed E-state index contributed by atoms with van der Waals surface area (Å²) in [7, 11) is -3.79. The maximum atomic E-state index is 13.9. The second-order valence-corrected chi connectivity index (χ2v) is 10.1. The summed E-state index contributed by atoms with van der Waals surface area (Å²) in [4.78, 5) is 20.5. The van der Waals surface area contributed by atoms with Crippen LogP contribution in [0, 0.1) is 6.92 Å². The molecule has 34 heavy (non-hydrogen) atoms. The number of esters is 1. The topological polar surface area (TPSA) is 117 Å². The molecular weight excluding hydrogens is 464 g/mol. The van der Waals surface area contributed by atoms with E-state index in [0.717, 1.165) is 0 Å². The number of alkyl halides is 1. The SMILES string of the molecule is Cc1ncnc2c(C[C@@H](CF)OCP(=O)(N[C@@H](C)C(=O)OC(C)C)Oc3ccccc3)cnn12. The molecule has 0 aliphatic carbocycles. The summed E-state index contributed by atoms with van der Waals surface area (Å²) in [6.45, 7) is 5.89. The predicted molar refractivity (Wildman–Crippen MR) is 123 cm³/mol. The number of fused-ring (bicyclic) bond motifs is 1. The Hall–Kier alpha value is -2.88. The van der Waals surface area contributed by atoms with Crippen molar-refractivity contribution in [2.24, 2.45) is 0 Å². The van der Waals surface area contributed by atoms with Crippen molar-refractivity contribution >= 4 is 19.1 Å². The number of carbonyl (C=O) groups is 1. The normalized spacial score (nSPS) is 15.1. The van der Waals surface area contributed by atoms with Crippen molar-refractivity contribution in [2.75, 3.05) is 13.0 Å². The molecule has 0 fully saturated rings. The van der Waals surface area contributed by atoms with Gasteiger partial charge in [0.05, 0.1) is 18.4 Å². The molecule has 3 rings (SSSR count). The van der Waals surface area contributed by atoms with Gasteiger partial charge < -0.3 is 14.0 Å². The molecule has 0 saturated heterocycles. The highest BCUT2D eigenvalue weighted by Gasteiger charge is 2.32. The molecule has 2 heterocycles. The first kappa shape index (κ1) is 25.7. The van der Waals surface area contributed by atoms with Gasteiger partial charge in [0.2, 0.25) is 0 Å². The Kier molecular flexibility index (Phi) is 8.71. The lowest BCUT2D eigenvalue weighted by molar-refractivity contribution is -0.149. The number of benzene rings is 1. The maximum Gasteiger partial charge on any atom is 0.342 e. The Morgan fingerprint density at radius 2 is 1.94 bits per heavy atom. The van der Waals surface area contributed by atoms with Crippen LogP contribution in [0.4, 0.5) is 4.39 Å². The number of ether oxygens (including phenoxy) is 2. The van der Waals surface area contributed by atoms with Gasteiger partial charge in [0, 0.05) is 12.0 Å². The van der Waals surface area contributed by atoms with E-state index in [1.165, 1.54) is 13.3 Å². The molecule has 1 unspecified atom stereocenters. The first-order valence-corrected chi connectivity index (χ1v) is 12.7. The number of aromatic nitrogens is 4. The minimum Gasteiger partial charge on any atom is -0.462 e. The molecule has 0 amide bonds. The van der Waals surface area contributed by atoms with Crippen LogP contribution < -0.4 is 9.61 Å². The van der Waals surface area contributed by atoms with Gasteiger partial charge >= 0.3 is 13.5 Å². The molecule has 3 atom stereocenters. The molecule has 0 spiro atoms. The highest BCUT2D eigenvalue weighted by molar-refractivity contribution is 7.57. The van der Waals surface area contributed by atoms with Crippen LogP contribution in [0.15, 0.2) is 42.9 Å². The van der Waals surface area contributed by atoms with Crippen LogP contribution in [0.5, 0.6) is 5.75 Å². The minimum absolute atomic E-state index is 0.146. The Morgan fingerprint density at radius 1 is 1.21 bits per heavy atom. The summed E-state index contributed by atoms with van der Waals surface area (Å²) >= 11 is 0. The predicted octanol–water partition coefficient (Wildman–Crippen LogP) is 3.49. The quantitative estimate of drug-likeness (QED) is 0.299. The Morgan fingerprint density at radius 3 is 2.62 bits per heavy atom. The van der Waals surface area contributed by atoms with E-state index < -0.39 is 38.7 Å². The number of aryl methyl sites for hydroxylation is 1. The fraction of sp³-hybridized carbons (Fsp3) is 0.455. The molecule has 2 aromatic heterocycles. The van der Waals surface area contributed by atoms with Gasteiger partial charge in [-0.05, 0) is 39.8 Å². The third-order valence-electron chi connectivity index (χ3n) is 4.74. The summed E-state index contributed by atoms with van der Waals surface area (Å²) in [5, 5.41) is 6.92. The van der Waals surface area contributed by atoms with Crippen LogP contribution in [0.1, 0.15) is 32.2 Å². The molecule has 10 nitrogen and oxygen atoms in total. The molecule has 1 aromatic carbocycles. The van der Waals surface area contributed by atoms with Crippen LogP contribution in [0.2, 0.25) is 0 Å². The standard InChI is InChI=1S/C22H29FN5O5P/c1-15(2)32-22(29)16(3)27-34(30,33-19-8-6-5-7-9-19)14-31-20(11-23)10-18-12-26-28-17(4)24-13-25-21(18)28/h5-9,12-13,15-16,20H,10-11,14H2,1-4H3,(H,27,30)/t16-,20-,34?/m0/s1. The monoisotopic (exact) mass is 493 g/mol. The number of nitrogens with zero attached hydrogens (tertiary/aromatic N) is 4. The van der Waals surface area contributed by atoms with Crippen molar-refractivity contribution < 1.29 is 27.7 Å². The van der Waals surface area contributed by atoms with Gasteiger partial charge in [-0.3, -0.25) is 9.36 Å². The van der Waals surface area contributed by atoms with Gasteiger partial charge in [-0.2, -0.15) is 5.10 Å². The van der Waals surface area contributed by atoms with E-state index in [9.17, 15) is 13.8 Å². The summed E-state index contributed by atoms with van der Waals surface area (Å²) in [5.74, 6) is 0.370. The van der Waals surface area contributed by atoms with Crippen molar-refractivity contribution in [3.8, 4) is 5.75 Å². The summed E-state index contributed by atoms with van der Waals surface area (Å²) in [5.41, 5.74) is 1.20. The number of nitrogens with one attached hydrogen (secondary N) is 1. The average Bonchev–Trinajstić information content (AvgIpc) is 3.20. The molecule has 0 radical (unpaired) electrons. The molecule has 12 heteroatoms. The van der Waals surface area contributed by atoms with Gasteiger partial charge in [0.15, 0.2) is 5.65 Å². The Bertz CT molecular complexity index is 1140. The van der Waals surface area contributed by atoms with E-state index in [-0.39, 0.29) is 12.5 Å². The second kappa shape index (κ2) is 11.5. The van der Waals surface area contributed by atoms with E-state index in [4.69, 9.17) is 14.0 Å². The molecule has 0 bridgehead atoms. The molecule has 184 valence electrons. The third-order valence-corrected chi connectivity index (χ3v) is 6.52. The maximum absolute atomic E-state index is 13.9. The van der Waals surface area contributed by atoms with E-state index in [0.29, 0.717) is 22.8 Å². The zero-order valence-corrected chi connectivity index (χ0v) is 20.4. The van der Waals surface area contributed by atoms with Gasteiger partial charge in [-0.1, -0.05) is 18.2 Å². The largest absolute Gasteiger partial charge is 0.462 e. The number of hydrogen-bond acceptors (Lipinski definition) is 8. The average molecular weight is 493 g/mol. The van der Waals surface area contributed by atoms with E-state index >= 15 is 0 Å². The van der Waals surface area contributed by atoms with Crippen LogP contribution in [0.25, 0.3) is 5.65 Å². The van der Waals surface area contributed by atoms with Crippen LogP contribution in [-0.4, -0.2) is 56.8 Å². The lowest BCUT2D eigenvalue weighted by Gasteiger charge is -2.25. The van der Waals surface area contributed by atoms with E-state index in [1.807, 2.05) is 0 Å². The number of para-hydroxylation sites is 1. The first-order valence-electron chi connectivity index (χ1n) is 10.8. The smallest absolute Gasteiger partial charge is 0.342 e. The van der Waals surface area contributed by atoms with Gasteiger partial charge in [0.1, 0.15) is 37.0 Å². The first-order chi connectivity index (χ1) is 16.2. The highest BCUT2D eigenvalue weighted by atomic mass is 31.2. The van der Waals surface area contributed by atoms with Crippen LogP contribution in [0.3, 0.4) is 0 Å². The van der Waals surface area contributed by atoms with Crippen molar-refractivity contribution in [1.29, 1.82) is 0 Å². The number of rotatable bonds is 12. The van der Waals surface area contributed by atoms with Crippen LogP contribution in [-0.2, 0) is 25.3 Å². The number of hydrogen-bond donors (Lipinski definition) is 1. The lowest BCUT2D eigenvalue weighted by Crippen LogP contribution is -2.37. The second-order valence-electron chi connectivity index (χ2n) is 8.02. The highest BCUT2D eigenvalue weighted by Crippen LogP contribution is 2.44. The van der Waals surface area contributed by atoms with E-state index in [2.05, 4.69) is 20.2 Å². The van der Waals surface area contributed by atoms with Crippen molar-refractivity contribution in [2.45, 2.75) is 52.4 Å². The molecule has 1 N–H and O–H groups in total. The van der Waals surface area contributed by atoms with Crippen molar-refractivity contribution in [1.82, 2.24) is 24.7 Å². The Labute approximate surface area is 197 Å². The van der Waals surface area contributed by atoms with Gasteiger partial charge in [0.25, 0.3) is 0 Å². The summed E-state index contributed by atoms with van der Waals surface area (Å²) in [6, 6.07) is 7.53. The number of carbonyl (C=O) groups excluding carboxylic acids is 1. The fourth-order valence-electron chi connectivity index (χ4n) is 3.15. The fourth-order valence-corrected chi connectivity index (χ4v) is 4.89. The third kappa shape index (κ3) is 6.82. The molecule has 0 aliphatic rings. The number of halogens is 1. The van der Waals surface area contributed by atoms with Gasteiger partial charge in [-0.15, -0.1) is 0 Å². The summed E-state index contributed by atoms with van der Waals surface area (Å²) < 4.78 is 45.6. The molecular formula is C22H29FN5O5P. The zero-order valence-electron chi connectivity index (χ0n) is 19.6. The molecule has 0 aliphatic heterocycles. The minimum atomic E-state index is -3.79. The summed E-state index contributed by atoms with van der Waals surface area (Å²) in [6.07, 6.45) is 1.39. The molecule has 3 aromatic rings. The lowest BCUT2D eigenvalue weighted by atomic mass is 10.1. The Balaban J connectivity index is 1.74. The van der Waals surface area contributed by atoms with Crippen LogP contribution >= 0.6 is 7.52 Å². The van der Waals surface area contributed by atoms with E-state index in [1.54, 1.807) is 61.8 Å². The van der Waals surface area contributed by atoms with Crippen molar-refractivity contribution in [3.63, 3.8) is 0 Å². The molecule has 0 saturated carbocycles. The van der Waals surface area contributed by atoms with Crippen molar-refractivity contribution in [3.05, 3.63) is 54.2 Å². The van der Waals surface area contributed by atoms with Gasteiger partial charge in [-0.25, -0.2) is 24.0 Å².